The standard InChI is InChI=1S/C16H18FNO2S/c1-3-14(12-8-4-5-9-13(12)17)18-15-10-6-7-11-16(15)21(2,19)20/h4-11,14,18H,3H2,1-2H3. The molecule has 0 aliphatic carbocycles. The first-order valence-electron chi connectivity index (χ1n) is 6.73. The molecular weight excluding hydrogens is 289 g/mol. The van der Waals surface area contributed by atoms with E-state index in [9.17, 15) is 12.8 Å². The van der Waals surface area contributed by atoms with Gasteiger partial charge in [-0.15, -0.1) is 0 Å². The molecule has 3 nitrogen and oxygen atoms in total. The first-order chi connectivity index (χ1) is 9.93. The number of benzene rings is 2. The fourth-order valence-electron chi connectivity index (χ4n) is 2.25. The van der Waals surface area contributed by atoms with Crippen LogP contribution in [0.25, 0.3) is 0 Å². The molecule has 0 saturated carbocycles. The molecule has 21 heavy (non-hydrogen) atoms. The quantitative estimate of drug-likeness (QED) is 0.914. The van der Waals surface area contributed by atoms with Crippen LogP contribution in [-0.2, 0) is 9.84 Å². The van der Waals surface area contributed by atoms with Gasteiger partial charge in [0, 0.05) is 11.8 Å². The average Bonchev–Trinajstić information content (AvgIpc) is 2.45. The first kappa shape index (κ1) is 15.5. The summed E-state index contributed by atoms with van der Waals surface area (Å²) in [5, 5.41) is 3.14. The zero-order valence-electron chi connectivity index (χ0n) is 12.0. The topological polar surface area (TPSA) is 46.2 Å². The lowest BCUT2D eigenvalue weighted by Crippen LogP contribution is -2.13. The molecule has 0 spiro atoms. The molecule has 2 aromatic carbocycles. The van der Waals surface area contributed by atoms with Crippen LogP contribution < -0.4 is 5.32 Å². The van der Waals surface area contributed by atoms with Gasteiger partial charge in [0.15, 0.2) is 9.84 Å². The molecule has 0 saturated heterocycles. The highest BCUT2D eigenvalue weighted by molar-refractivity contribution is 7.90. The van der Waals surface area contributed by atoms with Crippen LogP contribution >= 0.6 is 0 Å². The number of nitrogens with one attached hydrogen (secondary N) is 1. The lowest BCUT2D eigenvalue weighted by atomic mass is 10.0. The second kappa shape index (κ2) is 6.26. The van der Waals surface area contributed by atoms with E-state index in [-0.39, 0.29) is 16.8 Å². The minimum atomic E-state index is -3.34. The van der Waals surface area contributed by atoms with Crippen LogP contribution in [0.2, 0.25) is 0 Å². The van der Waals surface area contributed by atoms with E-state index in [1.165, 1.54) is 6.07 Å². The molecule has 1 N–H and O–H groups in total. The molecule has 112 valence electrons. The molecule has 0 fully saturated rings. The normalized spacial score (nSPS) is 12.9. The summed E-state index contributed by atoms with van der Waals surface area (Å²) in [6, 6.07) is 12.9. The van der Waals surface area contributed by atoms with Gasteiger partial charge in [-0.05, 0) is 24.6 Å². The van der Waals surface area contributed by atoms with Crippen molar-refractivity contribution in [2.45, 2.75) is 24.3 Å². The Morgan fingerprint density at radius 1 is 1.10 bits per heavy atom. The van der Waals surface area contributed by atoms with Crippen molar-refractivity contribution in [1.29, 1.82) is 0 Å². The molecule has 0 aliphatic heterocycles. The number of para-hydroxylation sites is 1. The third kappa shape index (κ3) is 3.61. The maximum Gasteiger partial charge on any atom is 0.177 e. The van der Waals surface area contributed by atoms with E-state index >= 15 is 0 Å². The first-order valence-corrected chi connectivity index (χ1v) is 8.62. The zero-order chi connectivity index (χ0) is 15.5. The lowest BCUT2D eigenvalue weighted by Gasteiger charge is -2.21. The molecule has 1 unspecified atom stereocenters. The molecule has 0 aromatic heterocycles. The molecule has 2 rings (SSSR count). The minimum absolute atomic E-state index is 0.222. The van der Waals surface area contributed by atoms with Crippen molar-refractivity contribution in [2.24, 2.45) is 0 Å². The van der Waals surface area contributed by atoms with Gasteiger partial charge in [0.1, 0.15) is 5.82 Å². The van der Waals surface area contributed by atoms with Crippen LogP contribution in [-0.4, -0.2) is 14.7 Å². The molecular formula is C16H18FNO2S. The molecule has 0 bridgehead atoms. The van der Waals surface area contributed by atoms with Crippen molar-refractivity contribution in [3.63, 3.8) is 0 Å². The molecule has 0 amide bonds. The summed E-state index contributed by atoms with van der Waals surface area (Å²) >= 11 is 0. The maximum absolute atomic E-state index is 13.9. The largest absolute Gasteiger partial charge is 0.377 e. The van der Waals surface area contributed by atoms with Crippen molar-refractivity contribution in [3.8, 4) is 0 Å². The smallest absolute Gasteiger partial charge is 0.177 e. The fourth-order valence-corrected chi connectivity index (χ4v) is 3.11. The van der Waals surface area contributed by atoms with Gasteiger partial charge in [0.2, 0.25) is 0 Å². The Morgan fingerprint density at radius 3 is 2.33 bits per heavy atom. The van der Waals surface area contributed by atoms with Crippen molar-refractivity contribution in [3.05, 3.63) is 59.9 Å². The SMILES string of the molecule is CCC(Nc1ccccc1S(C)(=O)=O)c1ccccc1F. The van der Waals surface area contributed by atoms with Gasteiger partial charge >= 0.3 is 0 Å². The molecule has 0 radical (unpaired) electrons. The Balaban J connectivity index is 2.39. The number of hydrogen-bond acceptors (Lipinski definition) is 3. The third-order valence-electron chi connectivity index (χ3n) is 3.31. The summed E-state index contributed by atoms with van der Waals surface area (Å²) in [7, 11) is -3.34. The molecule has 5 heteroatoms. The number of anilines is 1. The summed E-state index contributed by atoms with van der Waals surface area (Å²) in [6.07, 6.45) is 1.80. The van der Waals surface area contributed by atoms with Gasteiger partial charge in [-0.25, -0.2) is 12.8 Å². The summed E-state index contributed by atoms with van der Waals surface area (Å²) in [5.41, 5.74) is 1.03. The molecule has 2 aromatic rings. The highest BCUT2D eigenvalue weighted by atomic mass is 32.2. The van der Waals surface area contributed by atoms with E-state index in [0.717, 1.165) is 6.26 Å². The van der Waals surface area contributed by atoms with Crippen molar-refractivity contribution in [1.82, 2.24) is 0 Å². The molecule has 1 atom stereocenters. The van der Waals surface area contributed by atoms with Crippen molar-refractivity contribution in [2.75, 3.05) is 11.6 Å². The monoisotopic (exact) mass is 307 g/mol. The predicted octanol–water partition coefficient (Wildman–Crippen LogP) is 3.79. The Bertz CT molecular complexity index is 729. The van der Waals surface area contributed by atoms with E-state index in [2.05, 4.69) is 5.32 Å². The van der Waals surface area contributed by atoms with Crippen LogP contribution in [0.3, 0.4) is 0 Å². The van der Waals surface area contributed by atoms with Crippen LogP contribution in [0.4, 0.5) is 10.1 Å². The molecule has 0 aliphatic rings. The van der Waals surface area contributed by atoms with Gasteiger partial charge in [-0.1, -0.05) is 37.3 Å². The lowest BCUT2D eigenvalue weighted by molar-refractivity contribution is 0.586. The number of sulfone groups is 1. The minimum Gasteiger partial charge on any atom is -0.377 e. The fraction of sp³-hybridized carbons (Fsp3) is 0.250. The van der Waals surface area contributed by atoms with E-state index in [1.54, 1.807) is 42.5 Å². The van der Waals surface area contributed by atoms with E-state index in [4.69, 9.17) is 0 Å². The van der Waals surface area contributed by atoms with Crippen LogP contribution in [0, 0.1) is 5.82 Å². The average molecular weight is 307 g/mol. The summed E-state index contributed by atoms with van der Waals surface area (Å²) in [4.78, 5) is 0.222. The van der Waals surface area contributed by atoms with Gasteiger partial charge in [-0.3, -0.25) is 0 Å². The summed E-state index contributed by atoms with van der Waals surface area (Å²) < 4.78 is 37.5. The van der Waals surface area contributed by atoms with E-state index < -0.39 is 9.84 Å². The highest BCUT2D eigenvalue weighted by Crippen LogP contribution is 2.28. The van der Waals surface area contributed by atoms with Gasteiger partial charge in [-0.2, -0.15) is 0 Å². The van der Waals surface area contributed by atoms with Crippen molar-refractivity contribution >= 4 is 15.5 Å². The Labute approximate surface area is 124 Å². The predicted molar refractivity (Wildman–Crippen MR) is 82.6 cm³/mol. The third-order valence-corrected chi connectivity index (χ3v) is 4.46. The van der Waals surface area contributed by atoms with Gasteiger partial charge in [0.05, 0.1) is 16.6 Å². The number of halogens is 1. The Hall–Kier alpha value is -1.88. The maximum atomic E-state index is 13.9. The Morgan fingerprint density at radius 2 is 1.71 bits per heavy atom. The van der Waals surface area contributed by atoms with Crippen LogP contribution in [0.15, 0.2) is 53.4 Å². The summed E-state index contributed by atoms with van der Waals surface area (Å²) in [6.45, 7) is 1.92. The van der Waals surface area contributed by atoms with E-state index in [0.29, 0.717) is 17.7 Å². The number of rotatable bonds is 5. The van der Waals surface area contributed by atoms with Gasteiger partial charge in [0.25, 0.3) is 0 Å². The van der Waals surface area contributed by atoms with Crippen LogP contribution in [0.1, 0.15) is 24.9 Å². The van der Waals surface area contributed by atoms with Crippen molar-refractivity contribution < 1.29 is 12.8 Å². The number of hydrogen-bond donors (Lipinski definition) is 1. The van der Waals surface area contributed by atoms with Crippen LogP contribution in [0.5, 0.6) is 0 Å². The second-order valence-electron chi connectivity index (χ2n) is 4.90. The highest BCUT2D eigenvalue weighted by Gasteiger charge is 2.18. The van der Waals surface area contributed by atoms with Gasteiger partial charge < -0.3 is 5.32 Å². The molecule has 0 heterocycles. The zero-order valence-corrected chi connectivity index (χ0v) is 12.8. The van der Waals surface area contributed by atoms with E-state index in [1.807, 2.05) is 6.92 Å². The summed E-state index contributed by atoms with van der Waals surface area (Å²) in [5.74, 6) is -0.298. The second-order valence-corrected chi connectivity index (χ2v) is 6.88. The Kier molecular flexibility index (Phi) is 4.63.